The molecule has 2 heteroatoms. The van der Waals surface area contributed by atoms with Gasteiger partial charge in [-0.3, -0.25) is 0 Å². The van der Waals surface area contributed by atoms with Crippen LogP contribution in [0.4, 0.5) is 0 Å². The number of benzene rings is 5. The third-order valence-electron chi connectivity index (χ3n) is 5.30. The molecule has 0 atom stereocenters. The monoisotopic (exact) mass is 376 g/mol. The van der Waals surface area contributed by atoms with Crippen molar-refractivity contribution in [1.82, 2.24) is 0 Å². The Hall–Kier alpha value is -3.23. The van der Waals surface area contributed by atoms with Crippen molar-refractivity contribution in [1.29, 1.82) is 0 Å². The van der Waals surface area contributed by atoms with Gasteiger partial charge in [-0.2, -0.15) is 0 Å². The average molecular weight is 376 g/mol. The molecule has 28 heavy (non-hydrogen) atoms. The van der Waals surface area contributed by atoms with E-state index in [0.717, 1.165) is 16.6 Å². The molecule has 0 aliphatic heterocycles. The van der Waals surface area contributed by atoms with Gasteiger partial charge in [-0.25, -0.2) is 0 Å². The van der Waals surface area contributed by atoms with E-state index in [0.29, 0.717) is 0 Å². The summed E-state index contributed by atoms with van der Waals surface area (Å²) in [5.74, 6) is 0. The van der Waals surface area contributed by atoms with Gasteiger partial charge in [0.25, 0.3) is 0 Å². The molecule has 6 aromatic rings. The van der Waals surface area contributed by atoms with Crippen LogP contribution in [-0.2, 0) is 0 Å². The summed E-state index contributed by atoms with van der Waals surface area (Å²) in [5, 5.41) is 7.26. The van der Waals surface area contributed by atoms with Crippen molar-refractivity contribution in [2.24, 2.45) is 0 Å². The van der Waals surface area contributed by atoms with Crippen LogP contribution in [0, 0.1) is 0 Å². The van der Waals surface area contributed by atoms with Gasteiger partial charge in [-0.15, -0.1) is 0 Å². The second kappa shape index (κ2) is 6.15. The maximum atomic E-state index is 6.37. The van der Waals surface area contributed by atoms with Gasteiger partial charge < -0.3 is 4.42 Å². The molecular formula is C26H16OS. The van der Waals surface area contributed by atoms with Gasteiger partial charge in [-0.05, 0) is 41.1 Å². The highest BCUT2D eigenvalue weighted by molar-refractivity contribution is 7.99. The maximum absolute atomic E-state index is 6.37. The first-order chi connectivity index (χ1) is 13.9. The van der Waals surface area contributed by atoms with Crippen molar-refractivity contribution in [3.05, 3.63) is 97.1 Å². The van der Waals surface area contributed by atoms with E-state index in [4.69, 9.17) is 4.42 Å². The first-order valence-electron chi connectivity index (χ1n) is 9.37. The zero-order chi connectivity index (χ0) is 18.5. The second-order valence-corrected chi connectivity index (χ2v) is 8.09. The van der Waals surface area contributed by atoms with E-state index >= 15 is 0 Å². The van der Waals surface area contributed by atoms with E-state index in [1.165, 1.54) is 36.7 Å². The molecule has 1 heterocycles. The third kappa shape index (κ3) is 2.35. The van der Waals surface area contributed by atoms with Crippen molar-refractivity contribution in [3.8, 4) is 0 Å². The first-order valence-corrected chi connectivity index (χ1v) is 10.2. The minimum atomic E-state index is 0.944. The van der Waals surface area contributed by atoms with E-state index in [2.05, 4.69) is 97.1 Å². The summed E-state index contributed by atoms with van der Waals surface area (Å²) in [6.45, 7) is 0. The summed E-state index contributed by atoms with van der Waals surface area (Å²) in [4.78, 5) is 2.50. The highest BCUT2D eigenvalue weighted by atomic mass is 32.2. The molecule has 0 saturated carbocycles. The molecule has 0 bridgehead atoms. The molecule has 5 aromatic carbocycles. The predicted octanol–water partition coefficient (Wildman–Crippen LogP) is 8.04. The zero-order valence-electron chi connectivity index (χ0n) is 15.1. The van der Waals surface area contributed by atoms with Gasteiger partial charge >= 0.3 is 0 Å². The summed E-state index contributed by atoms with van der Waals surface area (Å²) in [5.41, 5.74) is 1.92. The highest BCUT2D eigenvalue weighted by Crippen LogP contribution is 2.42. The largest absolute Gasteiger partial charge is 0.455 e. The third-order valence-corrected chi connectivity index (χ3v) is 6.37. The lowest BCUT2D eigenvalue weighted by atomic mass is 10.0. The van der Waals surface area contributed by atoms with Gasteiger partial charge in [0.15, 0.2) is 0 Å². The van der Waals surface area contributed by atoms with Crippen LogP contribution >= 0.6 is 11.8 Å². The van der Waals surface area contributed by atoms with Gasteiger partial charge in [0.05, 0.1) is 0 Å². The molecule has 0 aliphatic carbocycles. The first kappa shape index (κ1) is 15.8. The van der Waals surface area contributed by atoms with Gasteiger partial charge in [0, 0.05) is 31.3 Å². The highest BCUT2D eigenvalue weighted by Gasteiger charge is 2.15. The van der Waals surface area contributed by atoms with Crippen molar-refractivity contribution in [2.75, 3.05) is 0 Å². The Morgan fingerprint density at radius 2 is 1.32 bits per heavy atom. The van der Waals surface area contributed by atoms with E-state index in [1.54, 1.807) is 11.8 Å². The molecule has 0 fully saturated rings. The summed E-state index contributed by atoms with van der Waals surface area (Å²) in [7, 11) is 0. The molecular weight excluding hydrogens is 360 g/mol. The van der Waals surface area contributed by atoms with Crippen LogP contribution in [0.25, 0.3) is 43.5 Å². The number of rotatable bonds is 2. The van der Waals surface area contributed by atoms with Crippen LogP contribution < -0.4 is 0 Å². The Kier molecular flexibility index (Phi) is 3.47. The molecule has 132 valence electrons. The minimum absolute atomic E-state index is 0.944. The van der Waals surface area contributed by atoms with Crippen LogP contribution in [-0.4, -0.2) is 0 Å². The smallest absolute Gasteiger partial charge is 0.143 e. The minimum Gasteiger partial charge on any atom is -0.455 e. The second-order valence-electron chi connectivity index (χ2n) is 6.97. The van der Waals surface area contributed by atoms with Crippen molar-refractivity contribution < 1.29 is 4.42 Å². The van der Waals surface area contributed by atoms with Gasteiger partial charge in [0.1, 0.15) is 11.2 Å². The lowest BCUT2D eigenvalue weighted by Gasteiger charge is -2.08. The molecule has 1 aromatic heterocycles. The Morgan fingerprint density at radius 3 is 2.25 bits per heavy atom. The predicted molar refractivity (Wildman–Crippen MR) is 119 cm³/mol. The molecule has 0 saturated heterocycles. The molecule has 6 rings (SSSR count). The number of fused-ring (bicyclic) bond motifs is 7. The van der Waals surface area contributed by atoms with Crippen LogP contribution in [0.1, 0.15) is 0 Å². The van der Waals surface area contributed by atoms with Crippen molar-refractivity contribution >= 4 is 55.2 Å². The summed E-state index contributed by atoms with van der Waals surface area (Å²) < 4.78 is 6.37. The van der Waals surface area contributed by atoms with E-state index < -0.39 is 0 Å². The normalized spacial score (nSPS) is 11.7. The lowest BCUT2D eigenvalue weighted by Crippen LogP contribution is -1.80. The number of hydrogen-bond donors (Lipinski definition) is 0. The summed E-state index contributed by atoms with van der Waals surface area (Å²) in [6.07, 6.45) is 0. The van der Waals surface area contributed by atoms with E-state index in [-0.39, 0.29) is 0 Å². The molecule has 1 nitrogen and oxygen atoms in total. The number of hydrogen-bond acceptors (Lipinski definition) is 2. The summed E-state index contributed by atoms with van der Waals surface area (Å²) >= 11 is 1.81. The topological polar surface area (TPSA) is 13.1 Å². The molecule has 0 unspecified atom stereocenters. The fourth-order valence-corrected chi connectivity index (χ4v) is 5.06. The summed E-state index contributed by atoms with van der Waals surface area (Å²) in [6, 6.07) is 34.1. The maximum Gasteiger partial charge on any atom is 0.143 e. The number of furan rings is 1. The SMILES string of the molecule is c1ccc(Sc2cccc3ccc4oc5c6ccccc6ccc5c4c23)cc1. The fraction of sp³-hybridized carbons (Fsp3) is 0. The van der Waals surface area contributed by atoms with E-state index in [9.17, 15) is 0 Å². The Balaban J connectivity index is 1.73. The average Bonchev–Trinajstić information content (AvgIpc) is 3.14. The van der Waals surface area contributed by atoms with Crippen LogP contribution in [0.15, 0.2) is 111 Å². The Bertz CT molecular complexity index is 1480. The molecule has 0 radical (unpaired) electrons. The van der Waals surface area contributed by atoms with Crippen molar-refractivity contribution in [3.63, 3.8) is 0 Å². The Morgan fingerprint density at radius 1 is 0.536 bits per heavy atom. The Labute approximate surface area is 166 Å². The lowest BCUT2D eigenvalue weighted by molar-refractivity contribution is 0.673. The fourth-order valence-electron chi connectivity index (χ4n) is 4.04. The van der Waals surface area contributed by atoms with Crippen LogP contribution in [0.5, 0.6) is 0 Å². The molecule has 0 amide bonds. The molecule has 0 spiro atoms. The molecule has 0 aliphatic rings. The quantitative estimate of drug-likeness (QED) is 0.303. The molecule has 0 N–H and O–H groups in total. The van der Waals surface area contributed by atoms with Gasteiger partial charge in [0.2, 0.25) is 0 Å². The van der Waals surface area contributed by atoms with Crippen LogP contribution in [0.2, 0.25) is 0 Å². The standard InChI is InChI=1S/C26H16OS/c1-2-9-19(10-3-1)28-23-12-6-8-18-14-16-22-25(24(18)23)21-15-13-17-7-4-5-11-20(17)26(21)27-22/h1-16H. The zero-order valence-corrected chi connectivity index (χ0v) is 15.9. The van der Waals surface area contributed by atoms with E-state index in [1.807, 2.05) is 0 Å². The van der Waals surface area contributed by atoms with Crippen molar-refractivity contribution in [2.45, 2.75) is 9.79 Å². The van der Waals surface area contributed by atoms with Gasteiger partial charge in [-0.1, -0.05) is 78.5 Å². The van der Waals surface area contributed by atoms with Crippen LogP contribution in [0.3, 0.4) is 0 Å².